The molecule has 3 nitrogen and oxygen atoms in total. The highest BCUT2D eigenvalue weighted by molar-refractivity contribution is 14.1. The van der Waals surface area contributed by atoms with Crippen LogP contribution in [0, 0.1) is 9.39 Å². The summed E-state index contributed by atoms with van der Waals surface area (Å²) in [7, 11) is 0. The fourth-order valence-corrected chi connectivity index (χ4v) is 2.39. The molecule has 3 aromatic rings. The molecule has 0 amide bonds. The number of aromatic amines is 1. The lowest BCUT2D eigenvalue weighted by molar-refractivity contribution is 0.627. The van der Waals surface area contributed by atoms with Gasteiger partial charge in [0.2, 0.25) is 0 Å². The highest BCUT2D eigenvalue weighted by atomic mass is 127. The maximum atomic E-state index is 13.0. The van der Waals surface area contributed by atoms with E-state index in [4.69, 9.17) is 0 Å². The molecular formula is C12H7FIN3. The van der Waals surface area contributed by atoms with Crippen LogP contribution in [0.3, 0.4) is 0 Å². The number of hydrogen-bond acceptors (Lipinski definition) is 2. The number of nitrogens with zero attached hydrogens (tertiary/aromatic N) is 2. The van der Waals surface area contributed by atoms with Gasteiger partial charge in [-0.2, -0.15) is 0 Å². The smallest absolute Gasteiger partial charge is 0.157 e. The standard InChI is InChI=1S/C12H7FIN3/c13-7-3-4-8(9(14)6-7)11-16-10-2-1-5-15-12(10)17-11/h1-6H,(H,15,16,17). The minimum Gasteiger partial charge on any atom is -0.323 e. The molecule has 0 aliphatic heterocycles. The summed E-state index contributed by atoms with van der Waals surface area (Å²) in [6.45, 7) is 0. The number of rotatable bonds is 1. The van der Waals surface area contributed by atoms with E-state index in [0.29, 0.717) is 5.82 Å². The van der Waals surface area contributed by atoms with E-state index in [0.717, 1.165) is 20.3 Å². The van der Waals surface area contributed by atoms with Gasteiger partial charge in [-0.15, -0.1) is 0 Å². The van der Waals surface area contributed by atoms with E-state index in [1.54, 1.807) is 12.3 Å². The Morgan fingerprint density at radius 1 is 1.24 bits per heavy atom. The summed E-state index contributed by atoms with van der Waals surface area (Å²) >= 11 is 2.09. The maximum absolute atomic E-state index is 13.0. The van der Waals surface area contributed by atoms with E-state index < -0.39 is 0 Å². The van der Waals surface area contributed by atoms with Crippen LogP contribution in [0.4, 0.5) is 4.39 Å². The first-order valence-electron chi connectivity index (χ1n) is 5.00. The fraction of sp³-hybridized carbons (Fsp3) is 0. The monoisotopic (exact) mass is 339 g/mol. The molecule has 0 saturated carbocycles. The molecule has 1 aromatic carbocycles. The molecule has 2 heterocycles. The highest BCUT2D eigenvalue weighted by Gasteiger charge is 2.09. The molecule has 3 rings (SSSR count). The van der Waals surface area contributed by atoms with Gasteiger partial charge in [0.1, 0.15) is 17.2 Å². The summed E-state index contributed by atoms with van der Waals surface area (Å²) < 4.78 is 13.8. The lowest BCUT2D eigenvalue weighted by atomic mass is 10.2. The Balaban J connectivity index is 2.20. The van der Waals surface area contributed by atoms with E-state index in [2.05, 4.69) is 37.5 Å². The number of halogens is 2. The van der Waals surface area contributed by atoms with Gasteiger partial charge in [-0.05, 0) is 52.9 Å². The zero-order valence-corrected chi connectivity index (χ0v) is 10.8. The first-order chi connectivity index (χ1) is 8.24. The molecule has 0 radical (unpaired) electrons. The van der Waals surface area contributed by atoms with Gasteiger partial charge in [0.15, 0.2) is 5.65 Å². The van der Waals surface area contributed by atoms with Crippen LogP contribution >= 0.6 is 22.6 Å². The predicted molar refractivity (Wildman–Crippen MR) is 72.0 cm³/mol. The third-order valence-corrected chi connectivity index (χ3v) is 3.33. The normalized spacial score (nSPS) is 10.9. The number of nitrogens with one attached hydrogen (secondary N) is 1. The number of fused-ring (bicyclic) bond motifs is 1. The fourth-order valence-electron chi connectivity index (χ4n) is 1.65. The van der Waals surface area contributed by atoms with Crippen molar-refractivity contribution >= 4 is 33.8 Å². The zero-order chi connectivity index (χ0) is 11.8. The van der Waals surface area contributed by atoms with Crippen LogP contribution in [0.25, 0.3) is 22.6 Å². The van der Waals surface area contributed by atoms with Crippen LogP contribution in [0.5, 0.6) is 0 Å². The Labute approximate surface area is 110 Å². The van der Waals surface area contributed by atoms with Gasteiger partial charge in [0.05, 0.1) is 0 Å². The number of pyridine rings is 1. The average molecular weight is 339 g/mol. The topological polar surface area (TPSA) is 41.6 Å². The number of H-pyrrole nitrogens is 1. The Hall–Kier alpha value is -1.50. The highest BCUT2D eigenvalue weighted by Crippen LogP contribution is 2.25. The molecule has 0 atom stereocenters. The summed E-state index contributed by atoms with van der Waals surface area (Å²) in [5.41, 5.74) is 2.43. The number of benzene rings is 1. The largest absolute Gasteiger partial charge is 0.323 e. The minimum atomic E-state index is -0.243. The molecule has 0 unspecified atom stereocenters. The molecule has 0 bridgehead atoms. The van der Waals surface area contributed by atoms with Crippen molar-refractivity contribution in [3.63, 3.8) is 0 Å². The Morgan fingerprint density at radius 2 is 2.12 bits per heavy atom. The van der Waals surface area contributed by atoms with Gasteiger partial charge >= 0.3 is 0 Å². The minimum absolute atomic E-state index is 0.243. The van der Waals surface area contributed by atoms with Crippen LogP contribution in [-0.2, 0) is 0 Å². The second-order valence-electron chi connectivity index (χ2n) is 3.58. The maximum Gasteiger partial charge on any atom is 0.157 e. The van der Waals surface area contributed by atoms with Gasteiger partial charge in [-0.1, -0.05) is 0 Å². The van der Waals surface area contributed by atoms with Crippen molar-refractivity contribution < 1.29 is 4.39 Å². The lowest BCUT2D eigenvalue weighted by Crippen LogP contribution is -1.86. The van der Waals surface area contributed by atoms with E-state index in [-0.39, 0.29) is 5.82 Å². The van der Waals surface area contributed by atoms with Crippen LogP contribution in [0.1, 0.15) is 0 Å². The van der Waals surface area contributed by atoms with E-state index in [9.17, 15) is 4.39 Å². The van der Waals surface area contributed by atoms with Crippen LogP contribution in [0.15, 0.2) is 36.5 Å². The van der Waals surface area contributed by atoms with E-state index in [1.807, 2.05) is 12.1 Å². The summed E-state index contributed by atoms with van der Waals surface area (Å²) in [6.07, 6.45) is 1.71. The Bertz CT molecular complexity index is 660. The zero-order valence-electron chi connectivity index (χ0n) is 8.61. The van der Waals surface area contributed by atoms with Crippen molar-refractivity contribution in [2.45, 2.75) is 0 Å². The summed E-state index contributed by atoms with van der Waals surface area (Å²) in [5, 5.41) is 0. The molecule has 84 valence electrons. The van der Waals surface area contributed by atoms with E-state index in [1.165, 1.54) is 12.1 Å². The second kappa shape index (κ2) is 4.06. The number of hydrogen-bond donors (Lipinski definition) is 1. The number of imidazole rings is 1. The third kappa shape index (κ3) is 1.90. The summed E-state index contributed by atoms with van der Waals surface area (Å²) in [4.78, 5) is 11.7. The molecule has 0 saturated heterocycles. The van der Waals surface area contributed by atoms with Gasteiger partial charge in [0.25, 0.3) is 0 Å². The molecular weight excluding hydrogens is 332 g/mol. The first kappa shape index (κ1) is 10.6. The van der Waals surface area contributed by atoms with Crippen molar-refractivity contribution in [2.24, 2.45) is 0 Å². The molecule has 0 aliphatic rings. The van der Waals surface area contributed by atoms with Gasteiger partial charge < -0.3 is 4.98 Å². The van der Waals surface area contributed by atoms with Crippen molar-refractivity contribution in [1.29, 1.82) is 0 Å². The van der Waals surface area contributed by atoms with E-state index >= 15 is 0 Å². The molecule has 0 aliphatic carbocycles. The lowest BCUT2D eigenvalue weighted by Gasteiger charge is -2.00. The van der Waals surface area contributed by atoms with Crippen molar-refractivity contribution in [1.82, 2.24) is 15.0 Å². The predicted octanol–water partition coefficient (Wildman–Crippen LogP) is 3.37. The molecule has 0 fully saturated rings. The molecule has 0 spiro atoms. The number of aromatic nitrogens is 3. The summed E-state index contributed by atoms with van der Waals surface area (Å²) in [6, 6.07) is 8.35. The SMILES string of the molecule is Fc1ccc(-c2nc3cccnc3[nH]2)c(I)c1. The quantitative estimate of drug-likeness (QED) is 0.691. The Kier molecular flexibility index (Phi) is 2.54. The van der Waals surface area contributed by atoms with Gasteiger partial charge in [-0.25, -0.2) is 14.4 Å². The molecule has 17 heavy (non-hydrogen) atoms. The second-order valence-corrected chi connectivity index (χ2v) is 4.74. The van der Waals surface area contributed by atoms with Gasteiger partial charge in [0, 0.05) is 15.3 Å². The van der Waals surface area contributed by atoms with Crippen molar-refractivity contribution in [3.8, 4) is 11.4 Å². The van der Waals surface area contributed by atoms with Gasteiger partial charge in [-0.3, -0.25) is 0 Å². The first-order valence-corrected chi connectivity index (χ1v) is 6.08. The summed E-state index contributed by atoms with van der Waals surface area (Å²) in [5.74, 6) is 0.468. The van der Waals surface area contributed by atoms with Crippen molar-refractivity contribution in [3.05, 3.63) is 45.9 Å². The third-order valence-electron chi connectivity index (χ3n) is 2.44. The average Bonchev–Trinajstić information content (AvgIpc) is 2.72. The molecule has 2 aromatic heterocycles. The Morgan fingerprint density at radius 3 is 2.88 bits per heavy atom. The molecule has 1 N–H and O–H groups in total. The van der Waals surface area contributed by atoms with Crippen molar-refractivity contribution in [2.75, 3.05) is 0 Å². The van der Waals surface area contributed by atoms with Crippen LogP contribution in [0.2, 0.25) is 0 Å². The molecule has 5 heteroatoms. The van der Waals surface area contributed by atoms with Crippen LogP contribution in [-0.4, -0.2) is 15.0 Å². The van der Waals surface area contributed by atoms with Crippen LogP contribution < -0.4 is 0 Å².